The van der Waals surface area contributed by atoms with Crippen LogP contribution in [0.5, 0.6) is 0 Å². The van der Waals surface area contributed by atoms with E-state index in [9.17, 15) is 49.0 Å². The Balaban J connectivity index is 1.10. The lowest BCUT2D eigenvalue weighted by molar-refractivity contribution is -0.385. The number of hydrogen-bond donors (Lipinski definition) is 4. The zero-order chi connectivity index (χ0) is 37.6. The van der Waals surface area contributed by atoms with Gasteiger partial charge in [0.25, 0.3) is 11.4 Å². The molecular weight excluding hydrogens is 680 g/mol. The number of nitrogens with one attached hydrogen (secondary N) is 4. The summed E-state index contributed by atoms with van der Waals surface area (Å²) in [5.41, 5.74) is 1.21. The molecule has 0 saturated carbocycles. The lowest BCUT2D eigenvalue weighted by atomic mass is 10.0. The molecule has 18 heteroatoms. The van der Waals surface area contributed by atoms with Crippen molar-refractivity contribution in [2.75, 3.05) is 26.2 Å². The second-order valence-corrected chi connectivity index (χ2v) is 12.7. The molecule has 2 heterocycles. The summed E-state index contributed by atoms with van der Waals surface area (Å²) in [6.45, 7) is 0.632. The number of nitro benzene ring substituents is 2. The minimum atomic E-state index is -0.767. The molecule has 0 aliphatic carbocycles. The summed E-state index contributed by atoms with van der Waals surface area (Å²) in [5.74, 6) is -2.24. The molecule has 4 N–H and O–H groups in total. The highest BCUT2D eigenvalue weighted by Crippen LogP contribution is 2.16. The molecule has 2 aliphatic rings. The number of likely N-dealkylation sites (tertiary alicyclic amines) is 2. The molecule has 0 bridgehead atoms. The van der Waals surface area contributed by atoms with Gasteiger partial charge >= 0.3 is 0 Å². The van der Waals surface area contributed by atoms with Crippen LogP contribution in [0.4, 0.5) is 11.4 Å². The minimum absolute atomic E-state index is 0.0598. The molecule has 0 aromatic heterocycles. The average Bonchev–Trinajstić information content (AvgIpc) is 3.12. The van der Waals surface area contributed by atoms with E-state index in [0.717, 1.165) is 0 Å². The highest BCUT2D eigenvalue weighted by atomic mass is 16.6. The van der Waals surface area contributed by atoms with Gasteiger partial charge < -0.3 is 31.1 Å². The number of non-ortho nitro benzene ring substituents is 2. The Kier molecular flexibility index (Phi) is 14.1. The maximum absolute atomic E-state index is 13.0. The third-order valence-corrected chi connectivity index (χ3v) is 8.73. The maximum atomic E-state index is 13.0. The molecule has 6 amide bonds. The number of benzene rings is 2. The van der Waals surface area contributed by atoms with Gasteiger partial charge in [0.2, 0.25) is 35.4 Å². The lowest BCUT2D eigenvalue weighted by Gasteiger charge is -2.32. The van der Waals surface area contributed by atoms with Gasteiger partial charge in [-0.05, 0) is 49.7 Å². The first-order chi connectivity index (χ1) is 24.9. The number of unbranched alkanes of at least 4 members (excludes halogenated alkanes) is 1. The van der Waals surface area contributed by atoms with Crippen LogP contribution < -0.4 is 21.3 Å². The van der Waals surface area contributed by atoms with Crippen molar-refractivity contribution in [3.05, 3.63) is 79.9 Å². The van der Waals surface area contributed by atoms with Gasteiger partial charge in [-0.2, -0.15) is 0 Å². The van der Waals surface area contributed by atoms with Crippen LogP contribution in [0.3, 0.4) is 0 Å². The standard InChI is InChI=1S/C34H42N8O10/c43-29(37-27-5-3-17-39(33(27)47)21-31(45)35-19-23-9-13-25(14-10-23)41(49)50)7-1-2-8-30(44)38-28-6-4-18-40(34(28)48)22-32(46)36-20-24-11-15-26(16-12-24)42(51)52/h9-16,27-28H,1-8,17-22H2,(H,35,45)(H,36,46)(H,37,43)(H,38,44). The zero-order valence-electron chi connectivity index (χ0n) is 28.5. The second-order valence-electron chi connectivity index (χ2n) is 12.7. The number of piperidine rings is 2. The van der Waals surface area contributed by atoms with E-state index in [2.05, 4.69) is 21.3 Å². The number of rotatable bonds is 17. The van der Waals surface area contributed by atoms with E-state index in [0.29, 0.717) is 62.7 Å². The lowest BCUT2D eigenvalue weighted by Crippen LogP contribution is -2.54. The Morgan fingerprint density at radius 1 is 0.615 bits per heavy atom. The van der Waals surface area contributed by atoms with E-state index in [-0.39, 0.29) is 74.0 Å². The van der Waals surface area contributed by atoms with Crippen molar-refractivity contribution >= 4 is 46.8 Å². The van der Waals surface area contributed by atoms with Crippen molar-refractivity contribution in [1.82, 2.24) is 31.1 Å². The van der Waals surface area contributed by atoms with Gasteiger partial charge in [0.1, 0.15) is 12.1 Å². The third-order valence-electron chi connectivity index (χ3n) is 8.73. The Labute approximate surface area is 298 Å². The summed E-state index contributed by atoms with van der Waals surface area (Å²) in [7, 11) is 0. The molecule has 278 valence electrons. The van der Waals surface area contributed by atoms with Crippen LogP contribution in [-0.2, 0) is 41.9 Å². The van der Waals surface area contributed by atoms with Crippen LogP contribution in [0.25, 0.3) is 0 Å². The van der Waals surface area contributed by atoms with E-state index in [1.807, 2.05) is 0 Å². The average molecular weight is 723 g/mol. The highest BCUT2D eigenvalue weighted by molar-refractivity contribution is 5.92. The molecule has 2 aromatic carbocycles. The van der Waals surface area contributed by atoms with Crippen LogP contribution in [-0.4, -0.2) is 93.4 Å². The van der Waals surface area contributed by atoms with Gasteiger partial charge in [0.15, 0.2) is 0 Å². The Morgan fingerprint density at radius 2 is 0.981 bits per heavy atom. The van der Waals surface area contributed by atoms with E-state index < -0.39 is 33.7 Å². The fourth-order valence-corrected chi connectivity index (χ4v) is 5.90. The summed E-state index contributed by atoms with van der Waals surface area (Å²) in [4.78, 5) is 99.4. The summed E-state index contributed by atoms with van der Waals surface area (Å²) < 4.78 is 0. The smallest absolute Gasteiger partial charge is 0.269 e. The summed E-state index contributed by atoms with van der Waals surface area (Å²) in [6.07, 6.45) is 2.95. The van der Waals surface area contributed by atoms with Gasteiger partial charge in [0, 0.05) is 63.3 Å². The van der Waals surface area contributed by atoms with Gasteiger partial charge in [-0.15, -0.1) is 0 Å². The Hall–Kier alpha value is -5.94. The van der Waals surface area contributed by atoms with Crippen molar-refractivity contribution in [1.29, 1.82) is 0 Å². The number of carbonyl (C=O) groups is 6. The van der Waals surface area contributed by atoms with Gasteiger partial charge in [-0.1, -0.05) is 24.3 Å². The number of nitro groups is 2. The topological polar surface area (TPSA) is 243 Å². The van der Waals surface area contributed by atoms with E-state index in [1.165, 1.54) is 58.3 Å². The Bertz CT molecular complexity index is 1530. The van der Waals surface area contributed by atoms with E-state index in [1.54, 1.807) is 0 Å². The molecule has 4 rings (SSSR count). The third kappa shape index (κ3) is 11.8. The molecule has 2 unspecified atom stereocenters. The minimum Gasteiger partial charge on any atom is -0.350 e. The number of hydrogen-bond acceptors (Lipinski definition) is 10. The van der Waals surface area contributed by atoms with Crippen molar-refractivity contribution in [3.8, 4) is 0 Å². The SMILES string of the molecule is O=C(CN1CCCC(NC(=O)CCCCC(=O)NC2CCCN(CC(=O)NCc3ccc([N+](=O)[O-])cc3)C2=O)C1=O)NCc1ccc([N+](=O)[O-])cc1. The first kappa shape index (κ1) is 38.9. The van der Waals surface area contributed by atoms with Crippen molar-refractivity contribution < 1.29 is 38.6 Å². The van der Waals surface area contributed by atoms with Crippen LogP contribution in [0.1, 0.15) is 62.5 Å². The quantitative estimate of drug-likeness (QED) is 0.103. The normalized spacial score (nSPS) is 17.2. The summed E-state index contributed by atoms with van der Waals surface area (Å²) in [6, 6.07) is 9.98. The number of carbonyl (C=O) groups excluding carboxylic acids is 6. The fourth-order valence-electron chi connectivity index (χ4n) is 5.90. The molecule has 2 atom stereocenters. The summed E-state index contributed by atoms with van der Waals surface area (Å²) in [5, 5.41) is 32.4. The maximum Gasteiger partial charge on any atom is 0.269 e. The first-order valence-electron chi connectivity index (χ1n) is 17.1. The zero-order valence-corrected chi connectivity index (χ0v) is 28.5. The fraction of sp³-hybridized carbons (Fsp3) is 0.471. The number of amides is 6. The second kappa shape index (κ2) is 18.9. The van der Waals surface area contributed by atoms with Crippen molar-refractivity contribution in [2.45, 2.75) is 76.5 Å². The van der Waals surface area contributed by atoms with Gasteiger partial charge in [-0.25, -0.2) is 0 Å². The largest absolute Gasteiger partial charge is 0.350 e. The van der Waals surface area contributed by atoms with Gasteiger partial charge in [-0.3, -0.25) is 49.0 Å². The molecule has 2 aromatic rings. The molecular formula is C34H42N8O10. The van der Waals surface area contributed by atoms with Gasteiger partial charge in [0.05, 0.1) is 22.9 Å². The van der Waals surface area contributed by atoms with Crippen molar-refractivity contribution in [2.24, 2.45) is 0 Å². The predicted octanol–water partition coefficient (Wildman–Crippen LogP) is 1.21. The van der Waals surface area contributed by atoms with Crippen LogP contribution in [0.2, 0.25) is 0 Å². The number of nitrogens with zero attached hydrogens (tertiary/aromatic N) is 4. The molecule has 52 heavy (non-hydrogen) atoms. The van der Waals surface area contributed by atoms with E-state index in [4.69, 9.17) is 0 Å². The molecule has 18 nitrogen and oxygen atoms in total. The van der Waals surface area contributed by atoms with Crippen LogP contribution in [0, 0.1) is 20.2 Å². The molecule has 2 aliphatic heterocycles. The first-order valence-corrected chi connectivity index (χ1v) is 17.1. The molecule has 0 radical (unpaired) electrons. The van der Waals surface area contributed by atoms with Crippen molar-refractivity contribution in [3.63, 3.8) is 0 Å². The Morgan fingerprint density at radius 3 is 1.33 bits per heavy atom. The summed E-state index contributed by atoms with van der Waals surface area (Å²) >= 11 is 0. The molecule has 2 saturated heterocycles. The van der Waals surface area contributed by atoms with Crippen LogP contribution >= 0.6 is 0 Å². The molecule has 2 fully saturated rings. The molecule has 0 spiro atoms. The predicted molar refractivity (Wildman–Crippen MR) is 184 cm³/mol. The van der Waals surface area contributed by atoms with E-state index >= 15 is 0 Å². The monoisotopic (exact) mass is 722 g/mol. The van der Waals surface area contributed by atoms with Crippen LogP contribution in [0.15, 0.2) is 48.5 Å². The highest BCUT2D eigenvalue weighted by Gasteiger charge is 2.32.